The van der Waals surface area contributed by atoms with Gasteiger partial charge in [0.2, 0.25) is 5.91 Å². The van der Waals surface area contributed by atoms with Gasteiger partial charge in [-0.05, 0) is 39.0 Å². The SMILES string of the molecule is Cc1cc(N)nc(S[C@H](C(=O)N2CCCC[C@H]2C)C(C)C)n1. The Bertz CT molecular complexity index is 515. The zero-order valence-corrected chi connectivity index (χ0v) is 14.7. The molecule has 0 radical (unpaired) electrons. The molecule has 1 aliphatic rings. The number of piperidine rings is 1. The lowest BCUT2D eigenvalue weighted by molar-refractivity contribution is -0.134. The Balaban J connectivity index is 2.17. The van der Waals surface area contributed by atoms with E-state index in [0.29, 0.717) is 17.0 Å². The van der Waals surface area contributed by atoms with Gasteiger partial charge < -0.3 is 10.6 Å². The highest BCUT2D eigenvalue weighted by atomic mass is 32.2. The number of aromatic nitrogens is 2. The molecule has 1 aromatic rings. The topological polar surface area (TPSA) is 72.1 Å². The van der Waals surface area contributed by atoms with Crippen molar-refractivity contribution in [3.8, 4) is 0 Å². The van der Waals surface area contributed by atoms with E-state index in [-0.39, 0.29) is 17.1 Å². The Hall–Kier alpha value is -1.30. The van der Waals surface area contributed by atoms with Crippen molar-refractivity contribution >= 4 is 23.5 Å². The molecule has 2 atom stereocenters. The Morgan fingerprint density at radius 3 is 2.73 bits per heavy atom. The van der Waals surface area contributed by atoms with Crippen molar-refractivity contribution in [2.75, 3.05) is 12.3 Å². The number of anilines is 1. The van der Waals surface area contributed by atoms with Gasteiger partial charge in [-0.25, -0.2) is 9.97 Å². The van der Waals surface area contributed by atoms with Crippen LogP contribution in [0.5, 0.6) is 0 Å². The highest BCUT2D eigenvalue weighted by Crippen LogP contribution is 2.30. The minimum Gasteiger partial charge on any atom is -0.384 e. The molecule has 1 amide bonds. The van der Waals surface area contributed by atoms with Gasteiger partial charge in [-0.1, -0.05) is 25.6 Å². The third-order valence-corrected chi connectivity index (χ3v) is 5.41. The van der Waals surface area contributed by atoms with Gasteiger partial charge in [0.1, 0.15) is 5.82 Å². The van der Waals surface area contributed by atoms with Crippen LogP contribution in [0.2, 0.25) is 0 Å². The lowest BCUT2D eigenvalue weighted by Gasteiger charge is -2.36. The van der Waals surface area contributed by atoms with Crippen LogP contribution in [0.3, 0.4) is 0 Å². The molecule has 1 aliphatic heterocycles. The van der Waals surface area contributed by atoms with Gasteiger partial charge in [0, 0.05) is 24.3 Å². The van der Waals surface area contributed by atoms with Crippen LogP contribution in [0.25, 0.3) is 0 Å². The van der Waals surface area contributed by atoms with Crippen molar-refractivity contribution in [1.82, 2.24) is 14.9 Å². The summed E-state index contributed by atoms with van der Waals surface area (Å²) in [6.45, 7) is 9.04. The highest BCUT2D eigenvalue weighted by molar-refractivity contribution is 8.00. The minimum absolute atomic E-state index is 0.165. The van der Waals surface area contributed by atoms with Crippen LogP contribution in [0.4, 0.5) is 5.82 Å². The third kappa shape index (κ3) is 4.12. The van der Waals surface area contributed by atoms with Gasteiger partial charge >= 0.3 is 0 Å². The molecular weight excluding hydrogens is 296 g/mol. The van der Waals surface area contributed by atoms with Crippen molar-refractivity contribution in [3.05, 3.63) is 11.8 Å². The number of amides is 1. The van der Waals surface area contributed by atoms with Crippen LogP contribution < -0.4 is 5.73 Å². The number of nitrogens with two attached hydrogens (primary N) is 1. The summed E-state index contributed by atoms with van der Waals surface area (Å²) in [5.41, 5.74) is 6.62. The van der Waals surface area contributed by atoms with Crippen LogP contribution in [0.15, 0.2) is 11.2 Å². The lowest BCUT2D eigenvalue weighted by atomic mass is 10.0. The number of likely N-dealkylation sites (tertiary alicyclic amines) is 1. The number of carbonyl (C=O) groups excluding carboxylic acids is 1. The standard InChI is InChI=1S/C16H26N4OS/c1-10(2)14(15(21)20-8-6-5-7-12(20)4)22-16-18-11(3)9-13(17)19-16/h9-10,12,14H,5-8H2,1-4H3,(H2,17,18,19)/t12-,14+/m1/s1. The minimum atomic E-state index is -0.165. The first-order chi connectivity index (χ1) is 10.4. The van der Waals surface area contributed by atoms with E-state index >= 15 is 0 Å². The van der Waals surface area contributed by atoms with Crippen LogP contribution in [-0.4, -0.2) is 38.6 Å². The number of nitrogens with zero attached hydrogens (tertiary/aromatic N) is 3. The fourth-order valence-corrected chi connectivity index (χ4v) is 3.88. The maximum atomic E-state index is 12.9. The maximum absolute atomic E-state index is 12.9. The zero-order chi connectivity index (χ0) is 16.3. The Morgan fingerprint density at radius 1 is 1.41 bits per heavy atom. The van der Waals surface area contributed by atoms with Crippen molar-refractivity contribution in [2.45, 2.75) is 63.4 Å². The second-order valence-corrected chi connectivity index (χ2v) is 7.48. The molecule has 122 valence electrons. The molecule has 1 fully saturated rings. The summed E-state index contributed by atoms with van der Waals surface area (Å²) in [5, 5.41) is 0.427. The van der Waals surface area contributed by atoms with E-state index in [1.807, 2.05) is 11.8 Å². The molecule has 0 spiro atoms. The van der Waals surface area contributed by atoms with Gasteiger partial charge in [0.15, 0.2) is 5.16 Å². The maximum Gasteiger partial charge on any atom is 0.236 e. The predicted octanol–water partition coefficient (Wildman–Crippen LogP) is 2.88. The molecule has 5 nitrogen and oxygen atoms in total. The normalized spacial score (nSPS) is 20.2. The third-order valence-electron chi connectivity index (χ3n) is 4.02. The number of rotatable bonds is 4. The summed E-state index contributed by atoms with van der Waals surface area (Å²) in [4.78, 5) is 23.6. The largest absolute Gasteiger partial charge is 0.384 e. The molecule has 6 heteroatoms. The van der Waals surface area contributed by atoms with Crippen LogP contribution in [-0.2, 0) is 4.79 Å². The average Bonchev–Trinajstić information content (AvgIpc) is 2.43. The molecule has 2 rings (SSSR count). The molecule has 0 bridgehead atoms. The summed E-state index contributed by atoms with van der Waals surface area (Å²) in [6, 6.07) is 2.06. The first-order valence-electron chi connectivity index (χ1n) is 7.96. The van der Waals surface area contributed by atoms with Gasteiger partial charge in [-0.2, -0.15) is 0 Å². The number of hydrogen-bond donors (Lipinski definition) is 1. The Labute approximate surface area is 137 Å². The molecule has 0 aromatic carbocycles. The Kier molecular flexibility index (Phi) is 5.67. The van der Waals surface area contributed by atoms with Crippen LogP contribution in [0, 0.1) is 12.8 Å². The molecule has 0 unspecified atom stereocenters. The first kappa shape index (κ1) is 17.1. The summed E-state index contributed by atoms with van der Waals surface area (Å²) in [6.07, 6.45) is 3.40. The molecule has 1 aromatic heterocycles. The van der Waals surface area contributed by atoms with E-state index in [4.69, 9.17) is 5.73 Å². The molecule has 2 N–H and O–H groups in total. The average molecular weight is 322 g/mol. The highest BCUT2D eigenvalue weighted by Gasteiger charge is 2.32. The monoisotopic (exact) mass is 322 g/mol. The van der Waals surface area contributed by atoms with Gasteiger partial charge in [0.05, 0.1) is 5.25 Å². The molecule has 22 heavy (non-hydrogen) atoms. The molecule has 1 saturated heterocycles. The number of thioether (sulfide) groups is 1. The van der Waals surface area contributed by atoms with E-state index in [1.54, 1.807) is 6.07 Å². The fourth-order valence-electron chi connectivity index (χ4n) is 2.79. The Morgan fingerprint density at radius 2 is 2.14 bits per heavy atom. The number of aryl methyl sites for hydroxylation is 1. The molecule has 0 saturated carbocycles. The summed E-state index contributed by atoms with van der Waals surface area (Å²) in [5.74, 6) is 0.879. The van der Waals surface area contributed by atoms with E-state index in [0.717, 1.165) is 25.1 Å². The van der Waals surface area contributed by atoms with Crippen molar-refractivity contribution < 1.29 is 4.79 Å². The quantitative estimate of drug-likeness (QED) is 0.681. The number of hydrogen-bond acceptors (Lipinski definition) is 5. The van der Waals surface area contributed by atoms with E-state index in [9.17, 15) is 4.79 Å². The summed E-state index contributed by atoms with van der Waals surface area (Å²) < 4.78 is 0. The van der Waals surface area contributed by atoms with Gasteiger partial charge in [-0.15, -0.1) is 0 Å². The number of carbonyl (C=O) groups is 1. The van der Waals surface area contributed by atoms with Gasteiger partial charge in [-0.3, -0.25) is 4.79 Å². The summed E-state index contributed by atoms with van der Waals surface area (Å²) in [7, 11) is 0. The zero-order valence-electron chi connectivity index (χ0n) is 13.9. The second-order valence-electron chi connectivity index (χ2n) is 6.38. The van der Waals surface area contributed by atoms with E-state index in [2.05, 4.69) is 30.7 Å². The first-order valence-corrected chi connectivity index (χ1v) is 8.84. The fraction of sp³-hybridized carbons (Fsp3) is 0.688. The second kappa shape index (κ2) is 7.31. The predicted molar refractivity (Wildman–Crippen MR) is 90.7 cm³/mol. The number of nitrogen functional groups attached to an aromatic ring is 1. The van der Waals surface area contributed by atoms with Gasteiger partial charge in [0.25, 0.3) is 0 Å². The van der Waals surface area contributed by atoms with Crippen LogP contribution in [0.1, 0.15) is 45.7 Å². The molecule has 0 aliphatic carbocycles. The smallest absolute Gasteiger partial charge is 0.236 e. The van der Waals surface area contributed by atoms with E-state index in [1.165, 1.54) is 18.2 Å². The van der Waals surface area contributed by atoms with Crippen molar-refractivity contribution in [3.63, 3.8) is 0 Å². The molecule has 2 heterocycles. The van der Waals surface area contributed by atoms with Crippen molar-refractivity contribution in [2.24, 2.45) is 5.92 Å². The van der Waals surface area contributed by atoms with Crippen LogP contribution >= 0.6 is 11.8 Å². The van der Waals surface area contributed by atoms with E-state index < -0.39 is 0 Å². The molecular formula is C16H26N4OS. The summed E-state index contributed by atoms with van der Waals surface area (Å²) >= 11 is 1.44. The van der Waals surface area contributed by atoms with Crippen molar-refractivity contribution in [1.29, 1.82) is 0 Å². The lowest BCUT2D eigenvalue weighted by Crippen LogP contribution is -2.47.